The third kappa shape index (κ3) is 2.70. The van der Waals surface area contributed by atoms with E-state index in [-0.39, 0.29) is 17.4 Å². The van der Waals surface area contributed by atoms with Crippen molar-refractivity contribution >= 4 is 17.6 Å². The number of hydrogen-bond donors (Lipinski definition) is 1. The van der Waals surface area contributed by atoms with Crippen LogP contribution in [-0.4, -0.2) is 11.1 Å². The van der Waals surface area contributed by atoms with Crippen molar-refractivity contribution in [3.05, 3.63) is 34.6 Å². The molecule has 4 heteroatoms. The molecule has 0 saturated carbocycles. The van der Waals surface area contributed by atoms with Crippen molar-refractivity contribution in [3.8, 4) is 0 Å². The van der Waals surface area contributed by atoms with E-state index >= 15 is 0 Å². The normalized spacial score (nSPS) is 12.5. The van der Waals surface area contributed by atoms with Gasteiger partial charge in [0.2, 0.25) is 0 Å². The van der Waals surface area contributed by atoms with Crippen LogP contribution < -0.4 is 0 Å². The van der Waals surface area contributed by atoms with Gasteiger partial charge in [-0.3, -0.25) is 4.79 Å². The summed E-state index contributed by atoms with van der Waals surface area (Å²) in [7, 11) is 0. The number of benzene rings is 1. The molecule has 1 rings (SSSR count). The predicted molar refractivity (Wildman–Crippen MR) is 52.1 cm³/mol. The Hall–Kier alpha value is -1.09. The van der Waals surface area contributed by atoms with Crippen LogP contribution in [0.4, 0.5) is 4.39 Å². The summed E-state index contributed by atoms with van der Waals surface area (Å²) in [6, 6.07) is 3.99. The summed E-state index contributed by atoms with van der Waals surface area (Å²) in [6.07, 6.45) is -0.00858. The number of halogens is 2. The smallest absolute Gasteiger partial charge is 0.303 e. The van der Waals surface area contributed by atoms with Crippen LogP contribution in [0.1, 0.15) is 24.8 Å². The Labute approximate surface area is 86.3 Å². The molecule has 0 bridgehead atoms. The Morgan fingerprint density at radius 3 is 2.79 bits per heavy atom. The van der Waals surface area contributed by atoms with Crippen LogP contribution >= 0.6 is 11.6 Å². The van der Waals surface area contributed by atoms with Crippen molar-refractivity contribution in [1.82, 2.24) is 0 Å². The quantitative estimate of drug-likeness (QED) is 0.843. The van der Waals surface area contributed by atoms with Crippen molar-refractivity contribution < 1.29 is 14.3 Å². The van der Waals surface area contributed by atoms with Crippen LogP contribution in [0.25, 0.3) is 0 Å². The standard InChI is InChI=1S/C10H10ClFO2/c1-6(4-10(13)14)8-3-2-7(12)5-9(8)11/h2-3,5-6H,4H2,1H3,(H,13,14)/t6-/m1/s1. The molecule has 0 radical (unpaired) electrons. The van der Waals surface area contributed by atoms with Gasteiger partial charge >= 0.3 is 5.97 Å². The van der Waals surface area contributed by atoms with Crippen LogP contribution in [0.3, 0.4) is 0 Å². The van der Waals surface area contributed by atoms with E-state index in [0.29, 0.717) is 5.56 Å². The lowest BCUT2D eigenvalue weighted by Gasteiger charge is -2.10. The highest BCUT2D eigenvalue weighted by Crippen LogP contribution is 2.27. The average molecular weight is 217 g/mol. The first kappa shape index (κ1) is 11.0. The van der Waals surface area contributed by atoms with Gasteiger partial charge in [0.15, 0.2) is 0 Å². The lowest BCUT2D eigenvalue weighted by atomic mass is 9.98. The molecular weight excluding hydrogens is 207 g/mol. The van der Waals surface area contributed by atoms with Gasteiger partial charge in [-0.2, -0.15) is 0 Å². The van der Waals surface area contributed by atoms with Gasteiger partial charge in [-0.1, -0.05) is 24.6 Å². The molecule has 0 saturated heterocycles. The molecule has 1 N–H and O–H groups in total. The van der Waals surface area contributed by atoms with E-state index in [1.54, 1.807) is 6.92 Å². The lowest BCUT2D eigenvalue weighted by molar-refractivity contribution is -0.137. The summed E-state index contributed by atoms with van der Waals surface area (Å²) in [4.78, 5) is 10.4. The second-order valence-corrected chi connectivity index (χ2v) is 3.57. The van der Waals surface area contributed by atoms with Gasteiger partial charge in [0.1, 0.15) is 5.82 Å². The molecule has 0 unspecified atom stereocenters. The molecule has 0 aliphatic carbocycles. The van der Waals surface area contributed by atoms with E-state index in [1.807, 2.05) is 0 Å². The van der Waals surface area contributed by atoms with E-state index in [4.69, 9.17) is 16.7 Å². The summed E-state index contributed by atoms with van der Waals surface area (Å²) < 4.78 is 12.7. The molecule has 0 aliphatic heterocycles. The van der Waals surface area contributed by atoms with Gasteiger partial charge in [-0.05, 0) is 23.6 Å². The molecule has 0 fully saturated rings. The molecule has 2 nitrogen and oxygen atoms in total. The van der Waals surface area contributed by atoms with Gasteiger partial charge < -0.3 is 5.11 Å². The Balaban J connectivity index is 2.90. The van der Waals surface area contributed by atoms with Crippen molar-refractivity contribution in [3.63, 3.8) is 0 Å². The van der Waals surface area contributed by atoms with Crippen LogP contribution in [-0.2, 0) is 4.79 Å². The molecule has 76 valence electrons. The average Bonchev–Trinajstić information content (AvgIpc) is 2.01. The number of rotatable bonds is 3. The first-order chi connectivity index (χ1) is 6.50. The van der Waals surface area contributed by atoms with E-state index in [1.165, 1.54) is 18.2 Å². The molecule has 0 amide bonds. The van der Waals surface area contributed by atoms with Gasteiger partial charge in [-0.25, -0.2) is 4.39 Å². The summed E-state index contributed by atoms with van der Waals surface area (Å²) in [5, 5.41) is 8.85. The monoisotopic (exact) mass is 216 g/mol. The van der Waals surface area contributed by atoms with Gasteiger partial charge in [0.25, 0.3) is 0 Å². The largest absolute Gasteiger partial charge is 0.481 e. The van der Waals surface area contributed by atoms with E-state index in [0.717, 1.165) is 0 Å². The zero-order valence-corrected chi connectivity index (χ0v) is 8.38. The Kier molecular flexibility index (Phi) is 3.47. The van der Waals surface area contributed by atoms with Crippen LogP contribution in [0, 0.1) is 5.82 Å². The summed E-state index contributed by atoms with van der Waals surface area (Å²) in [5.41, 5.74) is 0.662. The summed E-state index contributed by atoms with van der Waals surface area (Å²) >= 11 is 5.77. The minimum Gasteiger partial charge on any atom is -0.481 e. The van der Waals surface area contributed by atoms with E-state index in [2.05, 4.69) is 0 Å². The third-order valence-corrected chi connectivity index (χ3v) is 2.30. The zero-order valence-electron chi connectivity index (χ0n) is 7.63. The van der Waals surface area contributed by atoms with Crippen LogP contribution in [0.15, 0.2) is 18.2 Å². The number of carbonyl (C=O) groups is 1. The molecule has 0 aromatic heterocycles. The Morgan fingerprint density at radius 2 is 2.29 bits per heavy atom. The third-order valence-electron chi connectivity index (χ3n) is 1.97. The van der Waals surface area contributed by atoms with Gasteiger partial charge in [0, 0.05) is 5.02 Å². The van der Waals surface area contributed by atoms with Crippen molar-refractivity contribution in [2.75, 3.05) is 0 Å². The highest BCUT2D eigenvalue weighted by Gasteiger charge is 2.13. The van der Waals surface area contributed by atoms with E-state index in [9.17, 15) is 9.18 Å². The van der Waals surface area contributed by atoms with Crippen molar-refractivity contribution in [2.45, 2.75) is 19.3 Å². The molecule has 1 aromatic carbocycles. The minimum absolute atomic E-state index is 0.00858. The van der Waals surface area contributed by atoms with Crippen molar-refractivity contribution in [2.24, 2.45) is 0 Å². The predicted octanol–water partition coefficient (Wildman–Crippen LogP) is 3.06. The van der Waals surface area contributed by atoms with Crippen molar-refractivity contribution in [1.29, 1.82) is 0 Å². The molecule has 0 heterocycles. The zero-order chi connectivity index (χ0) is 10.7. The number of carboxylic acid groups (broad SMARTS) is 1. The highest BCUT2D eigenvalue weighted by molar-refractivity contribution is 6.31. The molecule has 0 spiro atoms. The lowest BCUT2D eigenvalue weighted by Crippen LogP contribution is -2.03. The Bertz CT molecular complexity index is 352. The fourth-order valence-electron chi connectivity index (χ4n) is 1.27. The maximum absolute atomic E-state index is 12.7. The number of carboxylic acids is 1. The van der Waals surface area contributed by atoms with Crippen LogP contribution in [0.2, 0.25) is 5.02 Å². The maximum atomic E-state index is 12.7. The second kappa shape index (κ2) is 4.42. The fraction of sp³-hybridized carbons (Fsp3) is 0.300. The fourth-order valence-corrected chi connectivity index (χ4v) is 1.63. The molecular formula is C10H10ClFO2. The van der Waals surface area contributed by atoms with Gasteiger partial charge in [0.05, 0.1) is 6.42 Å². The summed E-state index contributed by atoms with van der Waals surface area (Å²) in [5.74, 6) is -1.51. The molecule has 0 aliphatic rings. The minimum atomic E-state index is -0.891. The maximum Gasteiger partial charge on any atom is 0.303 e. The SMILES string of the molecule is C[C@H](CC(=O)O)c1ccc(F)cc1Cl. The Morgan fingerprint density at radius 1 is 1.64 bits per heavy atom. The van der Waals surface area contributed by atoms with Crippen LogP contribution in [0.5, 0.6) is 0 Å². The second-order valence-electron chi connectivity index (χ2n) is 3.16. The van der Waals surface area contributed by atoms with Gasteiger partial charge in [-0.15, -0.1) is 0 Å². The number of aliphatic carboxylic acids is 1. The molecule has 1 atom stereocenters. The first-order valence-electron chi connectivity index (χ1n) is 4.17. The molecule has 14 heavy (non-hydrogen) atoms. The van der Waals surface area contributed by atoms with E-state index < -0.39 is 11.8 Å². The highest BCUT2D eigenvalue weighted by atomic mass is 35.5. The summed E-state index contributed by atoms with van der Waals surface area (Å²) in [6.45, 7) is 1.74. The first-order valence-corrected chi connectivity index (χ1v) is 4.55. The number of hydrogen-bond acceptors (Lipinski definition) is 1. The topological polar surface area (TPSA) is 37.3 Å². The molecule has 1 aromatic rings.